The first kappa shape index (κ1) is 13.1. The zero-order valence-electron chi connectivity index (χ0n) is 10.9. The Morgan fingerprint density at radius 1 is 1.44 bits per heavy atom. The summed E-state index contributed by atoms with van der Waals surface area (Å²) in [7, 11) is 0. The molecule has 1 N–H and O–H groups in total. The molecule has 1 aliphatic carbocycles. The fourth-order valence-electron chi connectivity index (χ4n) is 2.72. The molecule has 1 heterocycles. The third-order valence-corrected chi connectivity index (χ3v) is 4.11. The highest BCUT2D eigenvalue weighted by molar-refractivity contribution is 5.81. The summed E-state index contributed by atoms with van der Waals surface area (Å²) in [6.07, 6.45) is 7.71. The van der Waals surface area contributed by atoms with Gasteiger partial charge < -0.3 is 10.0 Å². The lowest BCUT2D eigenvalue weighted by Gasteiger charge is -2.21. The fraction of sp³-hybridized carbons (Fsp3) is 0.714. The number of hydrogen-bond donors (Lipinski definition) is 1. The molecule has 1 saturated heterocycles. The van der Waals surface area contributed by atoms with Gasteiger partial charge in [0.15, 0.2) is 0 Å². The summed E-state index contributed by atoms with van der Waals surface area (Å²) in [5.74, 6) is -0.706. The standard InChI is InChI=1S/C14H21NO3/c1-14(13(17)18)7-8-15(10-14)12(16)9-11-5-3-2-4-6-11/h5H,2-4,6-10H2,1H3,(H,17,18). The van der Waals surface area contributed by atoms with Crippen molar-refractivity contribution in [1.82, 2.24) is 4.90 Å². The number of carboxylic acid groups (broad SMARTS) is 1. The van der Waals surface area contributed by atoms with Gasteiger partial charge in [-0.1, -0.05) is 11.6 Å². The van der Waals surface area contributed by atoms with Crippen LogP contribution in [0.25, 0.3) is 0 Å². The maximum atomic E-state index is 12.1. The minimum absolute atomic E-state index is 0.0909. The van der Waals surface area contributed by atoms with Gasteiger partial charge in [0.25, 0.3) is 0 Å². The van der Waals surface area contributed by atoms with E-state index in [1.54, 1.807) is 11.8 Å². The second kappa shape index (κ2) is 5.12. The Labute approximate surface area is 108 Å². The van der Waals surface area contributed by atoms with Crippen molar-refractivity contribution in [1.29, 1.82) is 0 Å². The molecule has 4 heteroatoms. The maximum absolute atomic E-state index is 12.1. The summed E-state index contributed by atoms with van der Waals surface area (Å²) >= 11 is 0. The van der Waals surface area contributed by atoms with Crippen molar-refractivity contribution in [3.8, 4) is 0 Å². The van der Waals surface area contributed by atoms with Gasteiger partial charge in [-0.05, 0) is 39.0 Å². The predicted octanol–water partition coefficient (Wildman–Crippen LogP) is 2.20. The molecule has 1 atom stereocenters. The highest BCUT2D eigenvalue weighted by Crippen LogP contribution is 2.31. The molecule has 2 aliphatic rings. The molecule has 0 spiro atoms. The van der Waals surface area contributed by atoms with Gasteiger partial charge in [0.2, 0.25) is 5.91 Å². The number of carbonyl (C=O) groups is 2. The minimum atomic E-state index is -0.797. The number of amides is 1. The summed E-state index contributed by atoms with van der Waals surface area (Å²) in [5.41, 5.74) is 0.478. The van der Waals surface area contributed by atoms with Gasteiger partial charge in [-0.25, -0.2) is 0 Å². The van der Waals surface area contributed by atoms with E-state index in [1.807, 2.05) is 0 Å². The second-order valence-electron chi connectivity index (χ2n) is 5.72. The van der Waals surface area contributed by atoms with Gasteiger partial charge in [0, 0.05) is 19.5 Å². The molecule has 1 amide bonds. The van der Waals surface area contributed by atoms with E-state index in [2.05, 4.69) is 6.08 Å². The summed E-state index contributed by atoms with van der Waals surface area (Å²) in [4.78, 5) is 25.0. The molecule has 1 unspecified atom stereocenters. The molecule has 100 valence electrons. The van der Waals surface area contributed by atoms with Crippen LogP contribution in [0.3, 0.4) is 0 Å². The number of likely N-dealkylation sites (tertiary alicyclic amines) is 1. The van der Waals surface area contributed by atoms with Crippen LogP contribution in [0.1, 0.15) is 45.4 Å². The van der Waals surface area contributed by atoms with Crippen LogP contribution in [-0.4, -0.2) is 35.0 Å². The van der Waals surface area contributed by atoms with E-state index in [0.29, 0.717) is 25.9 Å². The van der Waals surface area contributed by atoms with Crippen molar-refractivity contribution in [2.75, 3.05) is 13.1 Å². The van der Waals surface area contributed by atoms with E-state index in [9.17, 15) is 9.59 Å². The van der Waals surface area contributed by atoms with E-state index in [-0.39, 0.29) is 5.91 Å². The number of hydrogen-bond acceptors (Lipinski definition) is 2. The third-order valence-electron chi connectivity index (χ3n) is 4.11. The van der Waals surface area contributed by atoms with Crippen molar-refractivity contribution in [3.63, 3.8) is 0 Å². The van der Waals surface area contributed by atoms with Gasteiger partial charge in [-0.2, -0.15) is 0 Å². The van der Waals surface area contributed by atoms with Crippen LogP contribution in [-0.2, 0) is 9.59 Å². The van der Waals surface area contributed by atoms with Crippen molar-refractivity contribution in [2.24, 2.45) is 5.41 Å². The average Bonchev–Trinajstić information content (AvgIpc) is 2.75. The topological polar surface area (TPSA) is 57.6 Å². The molecule has 4 nitrogen and oxygen atoms in total. The highest BCUT2D eigenvalue weighted by Gasteiger charge is 2.41. The minimum Gasteiger partial charge on any atom is -0.481 e. The average molecular weight is 251 g/mol. The molecule has 0 aromatic heterocycles. The molecular formula is C14H21NO3. The monoisotopic (exact) mass is 251 g/mol. The van der Waals surface area contributed by atoms with E-state index in [1.165, 1.54) is 18.4 Å². The zero-order chi connectivity index (χ0) is 13.2. The number of carbonyl (C=O) groups excluding carboxylic acids is 1. The molecule has 0 saturated carbocycles. The zero-order valence-corrected chi connectivity index (χ0v) is 10.9. The molecule has 1 fully saturated rings. The van der Waals surface area contributed by atoms with Crippen LogP contribution in [0.5, 0.6) is 0 Å². The van der Waals surface area contributed by atoms with Crippen molar-refractivity contribution >= 4 is 11.9 Å². The lowest BCUT2D eigenvalue weighted by atomic mass is 9.90. The van der Waals surface area contributed by atoms with Gasteiger partial charge in [-0.15, -0.1) is 0 Å². The van der Waals surface area contributed by atoms with E-state index in [4.69, 9.17) is 5.11 Å². The predicted molar refractivity (Wildman–Crippen MR) is 68.1 cm³/mol. The SMILES string of the molecule is CC1(C(=O)O)CCN(C(=O)CC2=CCCCC2)C1. The Hall–Kier alpha value is -1.32. The van der Waals surface area contributed by atoms with E-state index >= 15 is 0 Å². The Morgan fingerprint density at radius 2 is 2.22 bits per heavy atom. The van der Waals surface area contributed by atoms with Gasteiger partial charge in [0.05, 0.1) is 5.41 Å². The largest absolute Gasteiger partial charge is 0.481 e. The number of aliphatic carboxylic acids is 1. The Balaban J connectivity index is 1.91. The first-order chi connectivity index (χ1) is 8.51. The molecule has 18 heavy (non-hydrogen) atoms. The number of allylic oxidation sites excluding steroid dienone is 1. The Morgan fingerprint density at radius 3 is 2.78 bits per heavy atom. The molecule has 2 rings (SSSR count). The lowest BCUT2D eigenvalue weighted by Crippen LogP contribution is -2.35. The van der Waals surface area contributed by atoms with Crippen LogP contribution in [0.15, 0.2) is 11.6 Å². The maximum Gasteiger partial charge on any atom is 0.311 e. The molecule has 0 aromatic carbocycles. The Kier molecular flexibility index (Phi) is 3.73. The summed E-state index contributed by atoms with van der Waals surface area (Å²) in [6, 6.07) is 0. The van der Waals surface area contributed by atoms with Crippen molar-refractivity contribution in [3.05, 3.63) is 11.6 Å². The van der Waals surface area contributed by atoms with E-state index in [0.717, 1.165) is 12.8 Å². The molecular weight excluding hydrogens is 230 g/mol. The highest BCUT2D eigenvalue weighted by atomic mass is 16.4. The van der Waals surface area contributed by atoms with Crippen LogP contribution in [0.4, 0.5) is 0 Å². The third kappa shape index (κ3) is 2.74. The molecule has 0 radical (unpaired) electrons. The smallest absolute Gasteiger partial charge is 0.311 e. The molecule has 0 aromatic rings. The van der Waals surface area contributed by atoms with E-state index < -0.39 is 11.4 Å². The van der Waals surface area contributed by atoms with Crippen LogP contribution >= 0.6 is 0 Å². The quantitative estimate of drug-likeness (QED) is 0.782. The van der Waals surface area contributed by atoms with Crippen LogP contribution < -0.4 is 0 Å². The molecule has 0 bridgehead atoms. The van der Waals surface area contributed by atoms with Gasteiger partial charge in [-0.3, -0.25) is 9.59 Å². The number of nitrogens with zero attached hydrogens (tertiary/aromatic N) is 1. The number of carboxylic acids is 1. The first-order valence-corrected chi connectivity index (χ1v) is 6.70. The summed E-state index contributed by atoms with van der Waals surface area (Å²) in [5, 5.41) is 9.14. The summed E-state index contributed by atoms with van der Waals surface area (Å²) < 4.78 is 0. The lowest BCUT2D eigenvalue weighted by molar-refractivity contribution is -0.147. The summed E-state index contributed by atoms with van der Waals surface area (Å²) in [6.45, 7) is 2.66. The fourth-order valence-corrected chi connectivity index (χ4v) is 2.72. The second-order valence-corrected chi connectivity index (χ2v) is 5.72. The first-order valence-electron chi connectivity index (χ1n) is 6.70. The Bertz CT molecular complexity index is 389. The van der Waals surface area contributed by atoms with Gasteiger partial charge in [0.1, 0.15) is 0 Å². The molecule has 1 aliphatic heterocycles. The number of rotatable bonds is 3. The van der Waals surface area contributed by atoms with Crippen molar-refractivity contribution in [2.45, 2.75) is 45.4 Å². The van der Waals surface area contributed by atoms with Crippen LogP contribution in [0, 0.1) is 5.41 Å². The normalized spacial score (nSPS) is 28.1. The van der Waals surface area contributed by atoms with Crippen LogP contribution in [0.2, 0.25) is 0 Å². The van der Waals surface area contributed by atoms with Gasteiger partial charge >= 0.3 is 5.97 Å². The van der Waals surface area contributed by atoms with Crippen molar-refractivity contribution < 1.29 is 14.7 Å².